The van der Waals surface area contributed by atoms with E-state index in [2.05, 4.69) is 10.3 Å². The molecule has 0 aliphatic heterocycles. The molecule has 0 atom stereocenters. The molecule has 1 rings (SSSR count). The summed E-state index contributed by atoms with van der Waals surface area (Å²) in [5.74, 6) is 0.596. The number of nitrogens with zero attached hydrogens (tertiary/aromatic N) is 1. The lowest BCUT2D eigenvalue weighted by molar-refractivity contribution is 1.27. The molecule has 3 heteroatoms. The van der Waals surface area contributed by atoms with Crippen LogP contribution in [-0.2, 0) is 0 Å². The summed E-state index contributed by atoms with van der Waals surface area (Å²) in [6, 6.07) is 1.96. The van der Waals surface area contributed by atoms with Crippen LogP contribution >= 0.6 is 0 Å². The van der Waals surface area contributed by atoms with Crippen molar-refractivity contribution in [1.29, 1.82) is 0 Å². The van der Waals surface area contributed by atoms with Crippen molar-refractivity contribution >= 4 is 11.5 Å². The van der Waals surface area contributed by atoms with E-state index in [0.29, 0.717) is 5.82 Å². The Hall–Kier alpha value is -1.25. The fourth-order valence-electron chi connectivity index (χ4n) is 0.722. The number of aryl methyl sites for hydroxylation is 1. The van der Waals surface area contributed by atoms with Crippen LogP contribution in [0.15, 0.2) is 12.3 Å². The van der Waals surface area contributed by atoms with E-state index in [1.54, 1.807) is 6.20 Å². The van der Waals surface area contributed by atoms with Gasteiger partial charge in [0.2, 0.25) is 0 Å². The maximum Gasteiger partial charge on any atom is 0.126 e. The number of pyridine rings is 1. The predicted molar refractivity (Wildman–Crippen MR) is 56.4 cm³/mol. The van der Waals surface area contributed by atoms with Gasteiger partial charge in [0.05, 0.1) is 11.9 Å². The van der Waals surface area contributed by atoms with E-state index in [-0.39, 0.29) is 1.43 Å². The van der Waals surface area contributed by atoms with Gasteiger partial charge in [-0.05, 0) is 18.6 Å². The van der Waals surface area contributed by atoms with Crippen molar-refractivity contribution in [3.63, 3.8) is 0 Å². The third-order valence-electron chi connectivity index (χ3n) is 1.41. The molecule has 3 nitrogen and oxygen atoms in total. The van der Waals surface area contributed by atoms with E-state index in [1.165, 1.54) is 0 Å². The second kappa shape index (κ2) is 5.41. The lowest BCUT2D eigenvalue weighted by Gasteiger charge is -2.01. The topological polar surface area (TPSA) is 50.9 Å². The van der Waals surface area contributed by atoms with Crippen molar-refractivity contribution in [3.05, 3.63) is 17.8 Å². The zero-order valence-electron chi connectivity index (χ0n) is 8.18. The Morgan fingerprint density at radius 1 is 1.50 bits per heavy atom. The normalized spacial score (nSPS) is 8.33. The summed E-state index contributed by atoms with van der Waals surface area (Å²) in [6.45, 7) is 5.93. The second-order valence-electron chi connectivity index (χ2n) is 2.18. The highest BCUT2D eigenvalue weighted by molar-refractivity contribution is 5.50. The van der Waals surface area contributed by atoms with Gasteiger partial charge in [0, 0.05) is 8.47 Å². The lowest BCUT2D eigenvalue weighted by atomic mass is 10.3. The highest BCUT2D eigenvalue weighted by Gasteiger charge is 1.93. The monoisotopic (exact) mass is 169 g/mol. The van der Waals surface area contributed by atoms with Crippen LogP contribution in [0.1, 0.15) is 20.8 Å². The molecule has 0 aromatic carbocycles. The van der Waals surface area contributed by atoms with E-state index < -0.39 is 0 Å². The van der Waals surface area contributed by atoms with E-state index in [0.717, 1.165) is 11.3 Å². The van der Waals surface area contributed by atoms with Gasteiger partial charge in [-0.2, -0.15) is 0 Å². The summed E-state index contributed by atoms with van der Waals surface area (Å²) in [4.78, 5) is 3.96. The number of rotatable bonds is 1. The molecule has 1 aromatic heterocycles. The van der Waals surface area contributed by atoms with Crippen LogP contribution < -0.4 is 11.1 Å². The first kappa shape index (κ1) is 10.8. The largest absolute Gasteiger partial charge is 0.387 e. The maximum absolute atomic E-state index is 5.50. The Bertz CT molecular complexity index is 238. The van der Waals surface area contributed by atoms with Crippen LogP contribution in [0, 0.1) is 6.92 Å². The van der Waals surface area contributed by atoms with Crippen molar-refractivity contribution in [1.82, 2.24) is 4.98 Å². The summed E-state index contributed by atoms with van der Waals surface area (Å²) in [6.07, 6.45) is 1.71. The summed E-state index contributed by atoms with van der Waals surface area (Å²) < 4.78 is 0. The van der Waals surface area contributed by atoms with Gasteiger partial charge >= 0.3 is 0 Å². The molecule has 70 valence electrons. The fraction of sp³-hybridized carbons (Fsp3) is 0.444. The Morgan fingerprint density at radius 2 is 2.08 bits per heavy atom. The van der Waals surface area contributed by atoms with Crippen molar-refractivity contribution in [2.24, 2.45) is 0 Å². The summed E-state index contributed by atoms with van der Waals surface area (Å²) in [5, 5.41) is 2.98. The molecule has 0 aliphatic rings. The third-order valence-corrected chi connectivity index (χ3v) is 1.41. The first-order valence-corrected chi connectivity index (χ1v) is 4.14. The number of anilines is 2. The van der Waals surface area contributed by atoms with Crippen molar-refractivity contribution in [2.75, 3.05) is 18.1 Å². The molecular weight excluding hydrogens is 150 g/mol. The average molecular weight is 169 g/mol. The number of nitrogens with two attached hydrogens (primary N) is 1. The van der Waals surface area contributed by atoms with Gasteiger partial charge in [-0.3, -0.25) is 0 Å². The Balaban J connectivity index is 0. The number of hydrogen-bond donors (Lipinski definition) is 2. The molecule has 0 fully saturated rings. The van der Waals surface area contributed by atoms with E-state index in [1.807, 2.05) is 33.9 Å². The van der Waals surface area contributed by atoms with Gasteiger partial charge in [-0.25, -0.2) is 4.98 Å². The molecule has 0 unspecified atom stereocenters. The average Bonchev–Trinajstić information content (AvgIpc) is 2.13. The highest BCUT2D eigenvalue weighted by atomic mass is 14.9. The van der Waals surface area contributed by atoms with E-state index >= 15 is 0 Å². The molecule has 0 bridgehead atoms. The molecule has 1 aromatic rings. The quantitative estimate of drug-likeness (QED) is 0.678. The van der Waals surface area contributed by atoms with Crippen LogP contribution in [0.3, 0.4) is 0 Å². The van der Waals surface area contributed by atoms with Crippen LogP contribution in [-0.4, -0.2) is 12.0 Å². The molecule has 0 saturated carbocycles. The standard InChI is InChI=1S/C7H11N3.C2H6.H2/c1-5-3-6(9-2)4-10-7(5)8;1-2;/h3-4,9H,1-2H3,(H2,8,10);1-2H3;1H. The first-order valence-electron chi connectivity index (χ1n) is 4.14. The smallest absolute Gasteiger partial charge is 0.126 e. The van der Waals surface area contributed by atoms with Crippen LogP contribution in [0.2, 0.25) is 0 Å². The van der Waals surface area contributed by atoms with Crippen LogP contribution in [0.25, 0.3) is 0 Å². The Morgan fingerprint density at radius 3 is 2.50 bits per heavy atom. The number of hydrogen-bond acceptors (Lipinski definition) is 3. The molecule has 0 radical (unpaired) electrons. The predicted octanol–water partition coefficient (Wildman–Crippen LogP) is 2.29. The van der Waals surface area contributed by atoms with Gasteiger partial charge < -0.3 is 11.1 Å². The number of nitrogen functional groups attached to an aromatic ring is 1. The molecule has 1 heterocycles. The van der Waals surface area contributed by atoms with E-state index in [9.17, 15) is 0 Å². The lowest BCUT2D eigenvalue weighted by Crippen LogP contribution is -1.96. The van der Waals surface area contributed by atoms with Gasteiger partial charge in [0.15, 0.2) is 0 Å². The van der Waals surface area contributed by atoms with E-state index in [4.69, 9.17) is 5.73 Å². The highest BCUT2D eigenvalue weighted by Crippen LogP contribution is 2.11. The second-order valence-corrected chi connectivity index (χ2v) is 2.18. The SMILES string of the molecule is CC.CNc1cnc(N)c(C)c1.[HH]. The molecule has 0 spiro atoms. The van der Waals surface area contributed by atoms with Crippen LogP contribution in [0.4, 0.5) is 11.5 Å². The molecule has 0 amide bonds. The number of nitrogens with one attached hydrogen (secondary N) is 1. The molecule has 0 aliphatic carbocycles. The fourth-order valence-corrected chi connectivity index (χ4v) is 0.722. The molecular formula is C9H19N3. The molecule has 0 saturated heterocycles. The number of aromatic nitrogens is 1. The first-order chi connectivity index (χ1) is 5.74. The van der Waals surface area contributed by atoms with Gasteiger partial charge in [0.25, 0.3) is 0 Å². The minimum Gasteiger partial charge on any atom is -0.387 e. The van der Waals surface area contributed by atoms with Gasteiger partial charge in [-0.15, -0.1) is 0 Å². The Labute approximate surface area is 75.5 Å². The van der Waals surface area contributed by atoms with Crippen molar-refractivity contribution in [3.8, 4) is 0 Å². The molecule has 12 heavy (non-hydrogen) atoms. The van der Waals surface area contributed by atoms with Crippen molar-refractivity contribution in [2.45, 2.75) is 20.8 Å². The Kier molecular flexibility index (Phi) is 4.84. The van der Waals surface area contributed by atoms with Gasteiger partial charge in [-0.1, -0.05) is 13.8 Å². The molecule has 3 N–H and O–H groups in total. The summed E-state index contributed by atoms with van der Waals surface area (Å²) in [7, 11) is 1.85. The summed E-state index contributed by atoms with van der Waals surface area (Å²) in [5.41, 5.74) is 7.50. The zero-order chi connectivity index (χ0) is 9.56. The zero-order valence-corrected chi connectivity index (χ0v) is 8.18. The van der Waals surface area contributed by atoms with Crippen molar-refractivity contribution < 1.29 is 1.43 Å². The maximum atomic E-state index is 5.50. The minimum atomic E-state index is 0. The van der Waals surface area contributed by atoms with Crippen LogP contribution in [0.5, 0.6) is 0 Å². The van der Waals surface area contributed by atoms with Gasteiger partial charge in [0.1, 0.15) is 5.82 Å². The summed E-state index contributed by atoms with van der Waals surface area (Å²) >= 11 is 0. The minimum absolute atomic E-state index is 0. The third kappa shape index (κ3) is 2.78.